The molecule has 2 rings (SSSR count). The highest BCUT2D eigenvalue weighted by molar-refractivity contribution is 5.51. The van der Waals surface area contributed by atoms with Crippen molar-refractivity contribution >= 4 is 5.69 Å². The molecule has 1 N–H and O–H groups in total. The Morgan fingerprint density at radius 1 is 1.14 bits per heavy atom. The van der Waals surface area contributed by atoms with Gasteiger partial charge in [-0.05, 0) is 50.5 Å². The smallest absolute Gasteiger partial charge is 0.119 e. The average Bonchev–Trinajstić information content (AvgIpc) is 2.55. The molecule has 118 valence electrons. The molecule has 0 aromatic heterocycles. The van der Waals surface area contributed by atoms with Crippen molar-refractivity contribution in [1.82, 2.24) is 5.32 Å². The average molecular weight is 290 g/mol. The number of anilines is 1. The van der Waals surface area contributed by atoms with Gasteiger partial charge in [0.2, 0.25) is 0 Å². The van der Waals surface area contributed by atoms with E-state index < -0.39 is 0 Å². The van der Waals surface area contributed by atoms with Crippen LogP contribution in [0.3, 0.4) is 0 Å². The molecule has 0 saturated carbocycles. The maximum absolute atomic E-state index is 5.55. The zero-order valence-corrected chi connectivity index (χ0v) is 14.0. The fraction of sp³-hybridized carbons (Fsp3) is 0.667. The van der Waals surface area contributed by atoms with Gasteiger partial charge in [-0.15, -0.1) is 0 Å². The summed E-state index contributed by atoms with van der Waals surface area (Å²) >= 11 is 0. The van der Waals surface area contributed by atoms with E-state index in [4.69, 9.17) is 4.74 Å². The number of nitrogens with zero attached hydrogens (tertiary/aromatic N) is 1. The number of nitrogens with one attached hydrogen (secondary N) is 1. The van der Waals surface area contributed by atoms with E-state index in [1.807, 2.05) is 6.92 Å². The van der Waals surface area contributed by atoms with E-state index in [0.29, 0.717) is 6.04 Å². The normalized spacial score (nSPS) is 21.3. The van der Waals surface area contributed by atoms with Gasteiger partial charge in [-0.2, -0.15) is 0 Å². The lowest BCUT2D eigenvalue weighted by atomic mass is 9.87. The van der Waals surface area contributed by atoms with Gasteiger partial charge in [0.05, 0.1) is 6.61 Å². The van der Waals surface area contributed by atoms with Crippen LogP contribution in [0.4, 0.5) is 5.69 Å². The van der Waals surface area contributed by atoms with Crippen molar-refractivity contribution in [2.75, 3.05) is 24.6 Å². The maximum Gasteiger partial charge on any atom is 0.119 e. The number of hydrogen-bond acceptors (Lipinski definition) is 3. The Kier molecular flexibility index (Phi) is 5.51. The molecule has 0 bridgehead atoms. The predicted molar refractivity (Wildman–Crippen MR) is 90.4 cm³/mol. The number of ether oxygens (including phenoxy) is 1. The van der Waals surface area contributed by atoms with E-state index in [1.165, 1.54) is 24.9 Å². The lowest BCUT2D eigenvalue weighted by Gasteiger charge is -2.48. The summed E-state index contributed by atoms with van der Waals surface area (Å²) in [7, 11) is 0. The van der Waals surface area contributed by atoms with Crippen molar-refractivity contribution in [1.29, 1.82) is 0 Å². The third-order valence-corrected chi connectivity index (χ3v) is 4.93. The van der Waals surface area contributed by atoms with Gasteiger partial charge in [-0.1, -0.05) is 20.8 Å². The van der Waals surface area contributed by atoms with Crippen LogP contribution in [0.1, 0.15) is 47.0 Å². The molecule has 3 heteroatoms. The molecule has 3 nitrogen and oxygen atoms in total. The molecule has 0 spiro atoms. The molecule has 0 amide bonds. The Hall–Kier alpha value is -1.22. The van der Waals surface area contributed by atoms with Gasteiger partial charge < -0.3 is 15.0 Å². The summed E-state index contributed by atoms with van der Waals surface area (Å²) in [6.07, 6.45) is 3.52. The minimum absolute atomic E-state index is 0.254. The van der Waals surface area contributed by atoms with Crippen molar-refractivity contribution in [2.45, 2.75) is 58.5 Å². The third kappa shape index (κ3) is 3.52. The van der Waals surface area contributed by atoms with Crippen LogP contribution in [-0.4, -0.2) is 31.3 Å². The van der Waals surface area contributed by atoms with Crippen molar-refractivity contribution in [2.24, 2.45) is 0 Å². The maximum atomic E-state index is 5.55. The minimum atomic E-state index is 0.254. The topological polar surface area (TPSA) is 24.5 Å². The fourth-order valence-electron chi connectivity index (χ4n) is 3.25. The monoisotopic (exact) mass is 290 g/mol. The van der Waals surface area contributed by atoms with Gasteiger partial charge >= 0.3 is 0 Å². The Morgan fingerprint density at radius 3 is 2.33 bits per heavy atom. The number of hydrogen-bond donors (Lipinski definition) is 1. The van der Waals surface area contributed by atoms with Crippen LogP contribution in [0.15, 0.2) is 24.3 Å². The first kappa shape index (κ1) is 16.2. The van der Waals surface area contributed by atoms with E-state index in [9.17, 15) is 0 Å². The Bertz CT molecular complexity index is 425. The number of rotatable bonds is 6. The van der Waals surface area contributed by atoms with Crippen LogP contribution in [0, 0.1) is 0 Å². The molecule has 0 radical (unpaired) electrons. The molecule has 1 aliphatic rings. The zero-order valence-electron chi connectivity index (χ0n) is 14.0. The van der Waals surface area contributed by atoms with Crippen LogP contribution in [0.25, 0.3) is 0 Å². The second-order valence-corrected chi connectivity index (χ2v) is 5.99. The van der Waals surface area contributed by atoms with Crippen LogP contribution >= 0.6 is 0 Å². The molecular formula is C18H30N2O. The number of benzene rings is 1. The first-order valence-corrected chi connectivity index (χ1v) is 8.42. The SMILES string of the molecule is CCOc1ccc(N2CC(CC)(CC)NCC2CC)cc1. The van der Waals surface area contributed by atoms with E-state index in [0.717, 1.165) is 25.4 Å². The molecule has 1 heterocycles. The van der Waals surface area contributed by atoms with Crippen molar-refractivity contribution in [3.8, 4) is 5.75 Å². The highest BCUT2D eigenvalue weighted by Crippen LogP contribution is 2.29. The second-order valence-electron chi connectivity index (χ2n) is 5.99. The van der Waals surface area contributed by atoms with Crippen LogP contribution in [-0.2, 0) is 0 Å². The van der Waals surface area contributed by atoms with Crippen molar-refractivity contribution in [3.63, 3.8) is 0 Å². The molecule has 0 aliphatic carbocycles. The Balaban J connectivity index is 2.20. The van der Waals surface area contributed by atoms with Gasteiger partial charge in [0.25, 0.3) is 0 Å². The molecule has 1 aromatic carbocycles. The quantitative estimate of drug-likeness (QED) is 0.861. The predicted octanol–water partition coefficient (Wildman–Crippen LogP) is 3.83. The Labute approximate surface area is 129 Å². The molecule has 21 heavy (non-hydrogen) atoms. The summed E-state index contributed by atoms with van der Waals surface area (Å²) < 4.78 is 5.55. The molecule has 1 atom stereocenters. The first-order chi connectivity index (χ1) is 10.2. The lowest BCUT2D eigenvalue weighted by molar-refractivity contribution is 0.246. The molecule has 1 aliphatic heterocycles. The first-order valence-electron chi connectivity index (χ1n) is 8.42. The highest BCUT2D eigenvalue weighted by atomic mass is 16.5. The van der Waals surface area contributed by atoms with Crippen LogP contribution < -0.4 is 15.0 Å². The summed E-state index contributed by atoms with van der Waals surface area (Å²) in [5, 5.41) is 3.80. The van der Waals surface area contributed by atoms with Gasteiger partial charge in [-0.3, -0.25) is 0 Å². The minimum Gasteiger partial charge on any atom is -0.494 e. The molecule has 1 saturated heterocycles. The van der Waals surface area contributed by atoms with Crippen molar-refractivity contribution < 1.29 is 4.74 Å². The molecule has 1 unspecified atom stereocenters. The van der Waals surface area contributed by atoms with Crippen LogP contribution in [0.2, 0.25) is 0 Å². The Morgan fingerprint density at radius 2 is 1.81 bits per heavy atom. The summed E-state index contributed by atoms with van der Waals surface area (Å²) in [5.41, 5.74) is 1.57. The second kappa shape index (κ2) is 7.17. The van der Waals surface area contributed by atoms with Gasteiger partial charge in [0.1, 0.15) is 5.75 Å². The van der Waals surface area contributed by atoms with Gasteiger partial charge in [0.15, 0.2) is 0 Å². The van der Waals surface area contributed by atoms with E-state index in [-0.39, 0.29) is 5.54 Å². The zero-order chi connectivity index (χ0) is 15.3. The molecular weight excluding hydrogens is 260 g/mol. The summed E-state index contributed by atoms with van der Waals surface area (Å²) in [4.78, 5) is 2.58. The van der Waals surface area contributed by atoms with E-state index >= 15 is 0 Å². The van der Waals surface area contributed by atoms with E-state index in [1.54, 1.807) is 0 Å². The van der Waals surface area contributed by atoms with Crippen molar-refractivity contribution in [3.05, 3.63) is 24.3 Å². The standard InChI is InChI=1S/C18H30N2O/c1-5-15-13-19-18(6-2,7-3)14-20(15)16-9-11-17(12-10-16)21-8-4/h9-12,15,19H,5-8,13-14H2,1-4H3. The van der Waals surface area contributed by atoms with Gasteiger partial charge in [-0.25, -0.2) is 0 Å². The third-order valence-electron chi connectivity index (χ3n) is 4.93. The molecule has 1 aromatic rings. The van der Waals surface area contributed by atoms with Gasteiger partial charge in [0, 0.05) is 30.4 Å². The summed E-state index contributed by atoms with van der Waals surface area (Å²) in [5.74, 6) is 0.960. The summed E-state index contributed by atoms with van der Waals surface area (Å²) in [6, 6.07) is 9.17. The number of piperazine rings is 1. The van der Waals surface area contributed by atoms with Crippen LogP contribution in [0.5, 0.6) is 5.75 Å². The fourth-order valence-corrected chi connectivity index (χ4v) is 3.25. The largest absolute Gasteiger partial charge is 0.494 e. The summed E-state index contributed by atoms with van der Waals surface area (Å²) in [6.45, 7) is 11.8. The van der Waals surface area contributed by atoms with E-state index in [2.05, 4.69) is 55.3 Å². The highest BCUT2D eigenvalue weighted by Gasteiger charge is 2.36. The lowest BCUT2D eigenvalue weighted by Crippen LogP contribution is -2.64. The molecule has 1 fully saturated rings.